The molecule has 8 heterocycles. The molecule has 7 aliphatic rings. The topological polar surface area (TPSA) is 194 Å². The summed E-state index contributed by atoms with van der Waals surface area (Å²) in [5.74, 6) is 0.829. The first-order chi connectivity index (χ1) is 34.1. The molecule has 2 spiro atoms. The monoisotopic (exact) mass is 972 g/mol. The Morgan fingerprint density at radius 2 is 1.71 bits per heavy atom. The number of aromatic nitrogens is 2. The minimum absolute atomic E-state index is 0.0401. The zero-order chi connectivity index (χ0) is 47.6. The van der Waals surface area contributed by atoms with E-state index in [0.717, 1.165) is 81.2 Å². The molecule has 368 valence electrons. The molecule has 5 fully saturated rings. The van der Waals surface area contributed by atoms with Gasteiger partial charge in [-0.25, -0.2) is 13.1 Å². The van der Waals surface area contributed by atoms with Crippen LogP contribution in [-0.4, -0.2) is 112 Å². The van der Waals surface area contributed by atoms with Crippen LogP contribution in [0.5, 0.6) is 11.6 Å². The molecule has 0 unspecified atom stereocenters. The zero-order valence-corrected chi connectivity index (χ0v) is 40.1. The van der Waals surface area contributed by atoms with Gasteiger partial charge in [0.05, 0.1) is 45.9 Å². The van der Waals surface area contributed by atoms with Crippen LogP contribution in [0.25, 0.3) is 11.0 Å². The van der Waals surface area contributed by atoms with Crippen LogP contribution < -0.4 is 29.3 Å². The van der Waals surface area contributed by atoms with E-state index in [1.807, 2.05) is 30.5 Å². The van der Waals surface area contributed by atoms with Crippen molar-refractivity contribution in [2.75, 3.05) is 74.3 Å². The zero-order valence-electron chi connectivity index (χ0n) is 39.3. The fourth-order valence-corrected chi connectivity index (χ4v) is 13.9. The van der Waals surface area contributed by atoms with Crippen LogP contribution in [-0.2, 0) is 25.0 Å². The van der Waals surface area contributed by atoms with Gasteiger partial charge in [-0.1, -0.05) is 18.2 Å². The number of para-hydroxylation sites is 1. The van der Waals surface area contributed by atoms with Crippen molar-refractivity contribution in [3.8, 4) is 11.6 Å². The van der Waals surface area contributed by atoms with E-state index in [2.05, 4.69) is 54.0 Å². The lowest BCUT2D eigenvalue weighted by Crippen LogP contribution is -2.62. The van der Waals surface area contributed by atoms with Crippen molar-refractivity contribution in [1.29, 1.82) is 0 Å². The highest BCUT2D eigenvalue weighted by Crippen LogP contribution is 2.57. The predicted molar refractivity (Wildman–Crippen MR) is 264 cm³/mol. The average molecular weight is 973 g/mol. The van der Waals surface area contributed by atoms with Gasteiger partial charge in [0.15, 0.2) is 0 Å². The van der Waals surface area contributed by atoms with Crippen LogP contribution in [0.2, 0.25) is 0 Å². The normalized spacial score (nSPS) is 24.7. The molecule has 1 aliphatic carbocycles. The molecule has 0 bridgehead atoms. The maximum atomic E-state index is 14.7. The average Bonchev–Trinajstić information content (AvgIpc) is 3.84. The molecular weight excluding hydrogens is 913 g/mol. The molecule has 0 radical (unpaired) electrons. The van der Waals surface area contributed by atoms with Crippen LogP contribution in [0.1, 0.15) is 86.6 Å². The molecule has 3 atom stereocenters. The second-order valence-electron chi connectivity index (χ2n) is 20.5. The smallest absolute Gasteiger partial charge is 0.293 e. The van der Waals surface area contributed by atoms with Gasteiger partial charge in [-0.15, -0.1) is 0 Å². The summed E-state index contributed by atoms with van der Waals surface area (Å²) in [6.45, 7) is 6.09. The lowest BCUT2D eigenvalue weighted by Gasteiger charge is -2.61. The Labute approximate surface area is 407 Å². The lowest BCUT2D eigenvalue weighted by molar-refractivity contribution is -0.384. The standard InChI is InChI=1S/C52H60N8O9S/c61-49(56-70(64,65)38-8-10-41(44(29-38)60(62)63)54-32-34-12-23-66-24-13-34)39-9-7-36(28-43(39)59-42-14-25-67-33-47(42)69-50-45(59)27-35-11-19-53-48(35)55-50)57-21-16-51(17-22-57)30-37(31-51)58-20-4-3-15-52(58)18-26-68-46-6-2-1-5-40(46)52/h1-2,5-11,19,27-29,34,37,42,47,54H,3-4,12-18,20-26,30-33H2,(H,53,55)(H,56,61)/t42-,47+,52-/m1/s1. The molecule has 1 saturated carbocycles. The maximum absolute atomic E-state index is 14.7. The van der Waals surface area contributed by atoms with E-state index in [9.17, 15) is 23.3 Å². The summed E-state index contributed by atoms with van der Waals surface area (Å²) < 4.78 is 54.6. The van der Waals surface area contributed by atoms with E-state index in [1.54, 1.807) is 6.07 Å². The van der Waals surface area contributed by atoms with E-state index in [4.69, 9.17) is 23.9 Å². The summed E-state index contributed by atoms with van der Waals surface area (Å²) in [7, 11) is -4.59. The van der Waals surface area contributed by atoms with Gasteiger partial charge in [0.25, 0.3) is 21.6 Å². The quantitative estimate of drug-likeness (QED) is 0.0900. The van der Waals surface area contributed by atoms with Crippen molar-refractivity contribution in [2.45, 2.75) is 99.3 Å². The number of ether oxygens (including phenoxy) is 4. The highest BCUT2D eigenvalue weighted by Gasteiger charge is 2.54. The molecule has 2 aromatic heterocycles. The molecule has 12 rings (SSSR count). The highest BCUT2D eigenvalue weighted by atomic mass is 32.2. The number of likely N-dealkylation sites (tertiary alicyclic amines) is 1. The number of nitrogens with one attached hydrogen (secondary N) is 3. The van der Waals surface area contributed by atoms with Crippen molar-refractivity contribution >= 4 is 55.4 Å². The number of hydrogen-bond acceptors (Lipinski definition) is 14. The molecule has 1 amide bonds. The number of rotatable bonds is 10. The number of nitrogens with zero attached hydrogens (tertiary/aromatic N) is 5. The first-order valence-corrected chi connectivity index (χ1v) is 26.6. The molecule has 3 N–H and O–H groups in total. The molecule has 3 aromatic carbocycles. The van der Waals surface area contributed by atoms with Crippen LogP contribution in [0, 0.1) is 21.4 Å². The molecule has 4 saturated heterocycles. The van der Waals surface area contributed by atoms with Crippen molar-refractivity contribution < 1.29 is 37.1 Å². The third kappa shape index (κ3) is 8.09. The second-order valence-corrected chi connectivity index (χ2v) is 22.2. The Morgan fingerprint density at radius 1 is 0.886 bits per heavy atom. The van der Waals surface area contributed by atoms with E-state index < -0.39 is 37.5 Å². The minimum atomic E-state index is -4.59. The molecule has 18 heteroatoms. The number of benzene rings is 3. The Hall–Kier alpha value is -5.95. The number of anilines is 4. The Morgan fingerprint density at radius 3 is 2.56 bits per heavy atom. The summed E-state index contributed by atoms with van der Waals surface area (Å²) in [4.78, 5) is 41.4. The number of piperidine rings is 2. The van der Waals surface area contributed by atoms with Crippen molar-refractivity contribution in [3.63, 3.8) is 0 Å². The van der Waals surface area contributed by atoms with Gasteiger partial charge in [-0.2, -0.15) is 4.98 Å². The van der Waals surface area contributed by atoms with Gasteiger partial charge < -0.3 is 39.0 Å². The van der Waals surface area contributed by atoms with Gasteiger partial charge in [-0.05, 0) is 131 Å². The van der Waals surface area contributed by atoms with Crippen LogP contribution in [0.3, 0.4) is 0 Å². The van der Waals surface area contributed by atoms with Gasteiger partial charge in [0.2, 0.25) is 5.88 Å². The van der Waals surface area contributed by atoms with Gasteiger partial charge in [-0.3, -0.25) is 19.8 Å². The fourth-order valence-electron chi connectivity index (χ4n) is 12.9. The molecular formula is C52H60N8O9S. The SMILES string of the molecule is O=C(NS(=O)(=O)c1ccc(NCC2CCOCC2)c([N+](=O)[O-])c1)c1ccc(N2CCC3(CC2)CC(N2CCCC[C@]24CCOc2ccccc24)C3)cc1N1c2cc3cc[nH]c3nc2O[C@H]2COCC[C@H]21. The maximum Gasteiger partial charge on any atom is 0.293 e. The Balaban J connectivity index is 0.831. The third-order valence-electron chi connectivity index (χ3n) is 16.6. The van der Waals surface area contributed by atoms with Crippen molar-refractivity contribution in [2.24, 2.45) is 11.3 Å². The minimum Gasteiger partial charge on any atom is -0.493 e. The predicted octanol–water partition coefficient (Wildman–Crippen LogP) is 8.03. The van der Waals surface area contributed by atoms with Crippen molar-refractivity contribution in [1.82, 2.24) is 19.6 Å². The van der Waals surface area contributed by atoms with E-state index in [1.165, 1.54) is 49.8 Å². The number of fused-ring (bicyclic) bond motifs is 5. The first kappa shape index (κ1) is 45.2. The summed E-state index contributed by atoms with van der Waals surface area (Å²) in [6, 6.07) is 22.2. The number of amides is 1. The number of aromatic amines is 1. The number of pyridine rings is 1. The first-order valence-electron chi connectivity index (χ1n) is 25.1. The van der Waals surface area contributed by atoms with Crippen LogP contribution >= 0.6 is 0 Å². The third-order valence-corrected chi connectivity index (χ3v) is 18.0. The number of carbonyl (C=O) groups is 1. The molecule has 5 aromatic rings. The number of nitro groups is 1. The summed E-state index contributed by atoms with van der Waals surface area (Å²) in [6.07, 6.45) is 12.8. The second kappa shape index (κ2) is 18.0. The van der Waals surface area contributed by atoms with Crippen LogP contribution in [0.15, 0.2) is 83.9 Å². The Bertz CT molecular complexity index is 2930. The lowest BCUT2D eigenvalue weighted by atomic mass is 9.58. The summed E-state index contributed by atoms with van der Waals surface area (Å²) >= 11 is 0. The summed E-state index contributed by atoms with van der Waals surface area (Å²) in [5.41, 5.74) is 4.36. The number of hydrogen-bond donors (Lipinski definition) is 3. The number of nitro benzene ring substituents is 1. The van der Waals surface area contributed by atoms with Gasteiger partial charge in [0.1, 0.15) is 28.9 Å². The van der Waals surface area contributed by atoms with E-state index in [-0.39, 0.29) is 34.2 Å². The summed E-state index contributed by atoms with van der Waals surface area (Å²) in [5, 5.41) is 16.3. The number of H-pyrrole nitrogens is 1. The molecule has 70 heavy (non-hydrogen) atoms. The van der Waals surface area contributed by atoms with E-state index in [0.29, 0.717) is 68.3 Å². The fraction of sp³-hybridized carbons (Fsp3) is 0.500. The largest absolute Gasteiger partial charge is 0.493 e. The molecule has 6 aliphatic heterocycles. The number of sulfonamides is 1. The Kier molecular flexibility index (Phi) is 11.6. The highest BCUT2D eigenvalue weighted by molar-refractivity contribution is 7.90. The number of carbonyl (C=O) groups excluding carboxylic acids is 1. The van der Waals surface area contributed by atoms with Gasteiger partial charge >= 0.3 is 0 Å². The van der Waals surface area contributed by atoms with E-state index >= 15 is 0 Å². The van der Waals surface area contributed by atoms with Crippen molar-refractivity contribution in [3.05, 3.63) is 100 Å². The molecule has 17 nitrogen and oxygen atoms in total. The van der Waals surface area contributed by atoms with Gasteiger partial charge in [0, 0.05) is 80.8 Å². The van der Waals surface area contributed by atoms with Crippen LogP contribution in [0.4, 0.5) is 28.4 Å².